The molecule has 7 aromatic rings. The van der Waals surface area contributed by atoms with Gasteiger partial charge in [-0.1, -0.05) is 42.5 Å². The summed E-state index contributed by atoms with van der Waals surface area (Å²) in [5.74, 6) is 1.77. The van der Waals surface area contributed by atoms with Crippen molar-refractivity contribution in [3.8, 4) is 51.5 Å². The van der Waals surface area contributed by atoms with Gasteiger partial charge in [0.2, 0.25) is 0 Å². The van der Waals surface area contributed by atoms with Gasteiger partial charge in [-0.3, -0.25) is 0 Å². The Hall–Kier alpha value is -6.62. The van der Waals surface area contributed by atoms with Crippen LogP contribution in [0.25, 0.3) is 66.0 Å². The molecule has 7 heteroatoms. The second-order valence-corrected chi connectivity index (χ2v) is 10.8. The number of rotatable bonds is 4. The van der Waals surface area contributed by atoms with Crippen LogP contribution in [0.3, 0.4) is 0 Å². The number of fused-ring (bicyclic) bond motifs is 3. The summed E-state index contributed by atoms with van der Waals surface area (Å²) in [5, 5.41) is 21.4. The van der Waals surface area contributed by atoms with Gasteiger partial charge in [0.15, 0.2) is 11.5 Å². The van der Waals surface area contributed by atoms with E-state index in [0.29, 0.717) is 34.3 Å². The molecule has 45 heavy (non-hydrogen) atoms. The highest BCUT2D eigenvalue weighted by Crippen LogP contribution is 2.39. The molecule has 7 rings (SSSR count). The van der Waals surface area contributed by atoms with Crippen molar-refractivity contribution in [3.63, 3.8) is 0 Å². The summed E-state index contributed by atoms with van der Waals surface area (Å²) < 4.78 is 2.16. The van der Waals surface area contributed by atoms with Crippen LogP contribution in [0.1, 0.15) is 22.8 Å². The molecule has 0 radical (unpaired) electrons. The van der Waals surface area contributed by atoms with Gasteiger partial charge >= 0.3 is 0 Å². The number of nitriles is 2. The Bertz CT molecular complexity index is 2310. The van der Waals surface area contributed by atoms with Crippen LogP contribution in [0.4, 0.5) is 5.69 Å². The minimum atomic E-state index is 0.517. The van der Waals surface area contributed by atoms with Crippen molar-refractivity contribution in [2.24, 2.45) is 0 Å². The number of nitrogens with zero attached hydrogens (tertiary/aromatic N) is 7. The average molecular weight is 578 g/mol. The molecule has 0 aliphatic heterocycles. The fourth-order valence-corrected chi connectivity index (χ4v) is 5.88. The van der Waals surface area contributed by atoms with E-state index in [-0.39, 0.29) is 0 Å². The maximum atomic E-state index is 9.90. The minimum absolute atomic E-state index is 0.517. The fourth-order valence-electron chi connectivity index (χ4n) is 5.88. The standard InChI is InChI=1S/C38H23N7/c1-23-42-24(2)44-38(43-23)32-13-10-26(22-40)17-37(32)45-35-14-11-29(27-7-4-6-25(16-27)21-39)19-33(35)34-20-30(12-15-36(34)45)28-8-5-9-31(18-28)41-3/h4-20H,1-2H3. The van der Waals surface area contributed by atoms with Crippen LogP contribution in [-0.2, 0) is 0 Å². The third-order valence-electron chi connectivity index (χ3n) is 7.87. The maximum absolute atomic E-state index is 9.90. The van der Waals surface area contributed by atoms with Gasteiger partial charge in [0.05, 0.1) is 46.6 Å². The maximum Gasteiger partial charge on any atom is 0.187 e. The lowest BCUT2D eigenvalue weighted by atomic mass is 9.99. The molecule has 0 aliphatic rings. The smallest absolute Gasteiger partial charge is 0.187 e. The van der Waals surface area contributed by atoms with E-state index in [1.165, 1.54) is 0 Å². The molecule has 210 valence electrons. The summed E-state index contributed by atoms with van der Waals surface area (Å²) >= 11 is 0. The van der Waals surface area contributed by atoms with Gasteiger partial charge < -0.3 is 4.57 Å². The summed E-state index contributed by atoms with van der Waals surface area (Å²) in [6.07, 6.45) is 0. The number of aromatic nitrogens is 4. The lowest BCUT2D eigenvalue weighted by molar-refractivity contribution is 0.926. The van der Waals surface area contributed by atoms with Gasteiger partial charge in [0, 0.05) is 16.3 Å². The third-order valence-corrected chi connectivity index (χ3v) is 7.87. The van der Waals surface area contributed by atoms with E-state index < -0.39 is 0 Å². The predicted molar refractivity (Wildman–Crippen MR) is 176 cm³/mol. The van der Waals surface area contributed by atoms with E-state index in [1.807, 2.05) is 62.4 Å². The Kier molecular flexibility index (Phi) is 6.59. The highest BCUT2D eigenvalue weighted by Gasteiger charge is 2.19. The normalized spacial score (nSPS) is 10.8. The van der Waals surface area contributed by atoms with E-state index in [9.17, 15) is 10.5 Å². The molecular formula is C38H23N7. The van der Waals surface area contributed by atoms with E-state index in [2.05, 4.69) is 72.9 Å². The summed E-state index contributed by atoms with van der Waals surface area (Å²) in [5.41, 5.74) is 8.99. The lowest BCUT2D eigenvalue weighted by Crippen LogP contribution is -2.03. The van der Waals surface area contributed by atoms with Gasteiger partial charge in [-0.25, -0.2) is 19.8 Å². The molecule has 0 spiro atoms. The second-order valence-electron chi connectivity index (χ2n) is 10.8. The molecular weight excluding hydrogens is 554 g/mol. The van der Waals surface area contributed by atoms with Crippen LogP contribution in [0.15, 0.2) is 103 Å². The number of hydrogen-bond donors (Lipinski definition) is 0. The Morgan fingerprint density at radius 1 is 0.622 bits per heavy atom. The van der Waals surface area contributed by atoms with Crippen LogP contribution in [0.2, 0.25) is 0 Å². The molecule has 0 atom stereocenters. The number of aryl methyl sites for hydroxylation is 2. The first kappa shape index (κ1) is 27.2. The molecule has 0 bridgehead atoms. The molecule has 2 heterocycles. The van der Waals surface area contributed by atoms with Crippen LogP contribution >= 0.6 is 0 Å². The molecule has 0 unspecified atom stereocenters. The van der Waals surface area contributed by atoms with Crippen LogP contribution in [-0.4, -0.2) is 19.5 Å². The molecule has 0 fully saturated rings. The zero-order chi connectivity index (χ0) is 31.1. The largest absolute Gasteiger partial charge is 0.308 e. The first-order valence-corrected chi connectivity index (χ1v) is 14.3. The first-order chi connectivity index (χ1) is 21.9. The highest BCUT2D eigenvalue weighted by molar-refractivity contribution is 6.12. The summed E-state index contributed by atoms with van der Waals surface area (Å²) in [7, 11) is 0. The fraction of sp³-hybridized carbons (Fsp3) is 0.0526. The third kappa shape index (κ3) is 4.83. The molecule has 0 amide bonds. The summed E-state index contributed by atoms with van der Waals surface area (Å²) in [6.45, 7) is 11.2. The molecule has 7 nitrogen and oxygen atoms in total. The summed E-state index contributed by atoms with van der Waals surface area (Å²) in [4.78, 5) is 17.3. The van der Waals surface area contributed by atoms with E-state index in [1.54, 1.807) is 18.2 Å². The van der Waals surface area contributed by atoms with E-state index in [4.69, 9.17) is 6.57 Å². The average Bonchev–Trinajstić information content (AvgIpc) is 3.40. The van der Waals surface area contributed by atoms with Gasteiger partial charge in [0.25, 0.3) is 0 Å². The van der Waals surface area contributed by atoms with Crippen molar-refractivity contribution in [2.75, 3.05) is 0 Å². The van der Waals surface area contributed by atoms with E-state index in [0.717, 1.165) is 55.3 Å². The van der Waals surface area contributed by atoms with Crippen molar-refractivity contribution >= 4 is 27.5 Å². The van der Waals surface area contributed by atoms with Crippen molar-refractivity contribution < 1.29 is 0 Å². The topological polar surface area (TPSA) is 95.5 Å². The van der Waals surface area contributed by atoms with Crippen molar-refractivity contribution in [1.29, 1.82) is 10.5 Å². The first-order valence-electron chi connectivity index (χ1n) is 14.3. The molecule has 5 aromatic carbocycles. The zero-order valence-corrected chi connectivity index (χ0v) is 24.4. The van der Waals surface area contributed by atoms with Gasteiger partial charge in [0.1, 0.15) is 11.6 Å². The molecule has 0 saturated heterocycles. The minimum Gasteiger partial charge on any atom is -0.308 e. The van der Waals surface area contributed by atoms with Crippen molar-refractivity contribution in [3.05, 3.63) is 137 Å². The number of benzene rings is 5. The predicted octanol–water partition coefficient (Wildman–Crippen LogP) is 8.88. The van der Waals surface area contributed by atoms with Crippen molar-refractivity contribution in [2.45, 2.75) is 13.8 Å². The van der Waals surface area contributed by atoms with Crippen LogP contribution < -0.4 is 0 Å². The van der Waals surface area contributed by atoms with Gasteiger partial charge in [-0.15, -0.1) is 0 Å². The zero-order valence-electron chi connectivity index (χ0n) is 24.4. The highest BCUT2D eigenvalue weighted by atomic mass is 15.0. The second kappa shape index (κ2) is 10.9. The Labute approximate surface area is 259 Å². The van der Waals surface area contributed by atoms with E-state index >= 15 is 0 Å². The Morgan fingerprint density at radius 2 is 1.20 bits per heavy atom. The molecule has 0 saturated carbocycles. The lowest BCUT2D eigenvalue weighted by Gasteiger charge is -2.14. The van der Waals surface area contributed by atoms with Crippen molar-refractivity contribution in [1.82, 2.24) is 19.5 Å². The molecule has 0 aliphatic carbocycles. The van der Waals surface area contributed by atoms with Gasteiger partial charge in [-0.05, 0) is 96.8 Å². The SMILES string of the molecule is [C-]#[N+]c1cccc(-c2ccc3c(c2)c2cc(-c4cccc(C#N)c4)ccc2n3-c2cc(C#N)ccc2-c2nc(C)nc(C)n2)c1. The molecule has 0 N–H and O–H groups in total. The Morgan fingerprint density at radius 3 is 1.82 bits per heavy atom. The summed E-state index contributed by atoms with van der Waals surface area (Å²) in [6, 6.07) is 37.8. The molecule has 2 aromatic heterocycles. The number of hydrogen-bond acceptors (Lipinski definition) is 5. The van der Waals surface area contributed by atoms with Gasteiger partial charge in [-0.2, -0.15) is 10.5 Å². The quantitative estimate of drug-likeness (QED) is 0.195. The van der Waals surface area contributed by atoms with Crippen LogP contribution in [0.5, 0.6) is 0 Å². The van der Waals surface area contributed by atoms with Crippen LogP contribution in [0, 0.1) is 43.1 Å². The Balaban J connectivity index is 1.56. The monoisotopic (exact) mass is 577 g/mol.